The highest BCUT2D eigenvalue weighted by molar-refractivity contribution is 7.12. The molecule has 1 aliphatic rings. The number of amides is 2. The van der Waals surface area contributed by atoms with Crippen LogP contribution in [0, 0.1) is 5.92 Å². The number of likely N-dealkylation sites (N-methyl/N-ethyl adjacent to an activating group) is 1. The molecule has 0 aliphatic heterocycles. The van der Waals surface area contributed by atoms with E-state index in [-0.39, 0.29) is 25.0 Å². The summed E-state index contributed by atoms with van der Waals surface area (Å²) in [4.78, 5) is 26.1. The first-order valence-corrected chi connectivity index (χ1v) is 7.55. The number of rotatable bonds is 6. The average Bonchev–Trinajstić information content (AvgIpc) is 3.14. The molecular weight excluding hydrogens is 276 g/mol. The fourth-order valence-corrected chi connectivity index (χ4v) is 2.94. The van der Waals surface area contributed by atoms with Crippen molar-refractivity contribution in [2.45, 2.75) is 25.3 Å². The van der Waals surface area contributed by atoms with Crippen molar-refractivity contribution in [3.8, 4) is 0 Å². The standard InChI is InChI=1S/C14H20N2O3S/c1-14(9-17,10-5-6-10)15-12(18)8-16(2)13(19)11-4-3-7-20-11/h3-4,7,10,17H,5-6,8-9H2,1-2H3,(H,15,18). The van der Waals surface area contributed by atoms with Crippen LogP contribution < -0.4 is 5.32 Å². The summed E-state index contributed by atoms with van der Waals surface area (Å²) < 4.78 is 0. The Balaban J connectivity index is 1.89. The smallest absolute Gasteiger partial charge is 0.264 e. The van der Waals surface area contributed by atoms with E-state index >= 15 is 0 Å². The molecule has 0 radical (unpaired) electrons. The van der Waals surface area contributed by atoms with Crippen LogP contribution in [0.1, 0.15) is 29.4 Å². The van der Waals surface area contributed by atoms with Gasteiger partial charge in [-0.05, 0) is 37.1 Å². The predicted octanol–water partition coefficient (Wildman–Crippen LogP) is 1.10. The predicted molar refractivity (Wildman–Crippen MR) is 77.6 cm³/mol. The summed E-state index contributed by atoms with van der Waals surface area (Å²) in [6, 6.07) is 3.55. The molecule has 1 atom stereocenters. The number of nitrogens with one attached hydrogen (secondary N) is 1. The Labute approximate surface area is 122 Å². The Morgan fingerprint density at radius 3 is 2.75 bits per heavy atom. The van der Waals surface area contributed by atoms with Crippen molar-refractivity contribution in [3.05, 3.63) is 22.4 Å². The van der Waals surface area contributed by atoms with E-state index < -0.39 is 5.54 Å². The fraction of sp³-hybridized carbons (Fsp3) is 0.571. The topological polar surface area (TPSA) is 69.6 Å². The van der Waals surface area contributed by atoms with E-state index in [1.54, 1.807) is 13.1 Å². The van der Waals surface area contributed by atoms with Crippen molar-refractivity contribution in [2.75, 3.05) is 20.2 Å². The van der Waals surface area contributed by atoms with Crippen molar-refractivity contribution >= 4 is 23.2 Å². The highest BCUT2D eigenvalue weighted by atomic mass is 32.1. The summed E-state index contributed by atoms with van der Waals surface area (Å²) in [7, 11) is 1.61. The van der Waals surface area contributed by atoms with Gasteiger partial charge in [-0.1, -0.05) is 6.07 Å². The number of hydrogen-bond donors (Lipinski definition) is 2. The van der Waals surface area contributed by atoms with Gasteiger partial charge in [0.25, 0.3) is 5.91 Å². The molecule has 1 heterocycles. The Morgan fingerprint density at radius 2 is 2.25 bits per heavy atom. The minimum atomic E-state index is -0.566. The van der Waals surface area contributed by atoms with Gasteiger partial charge in [-0.25, -0.2) is 0 Å². The van der Waals surface area contributed by atoms with Gasteiger partial charge in [-0.15, -0.1) is 11.3 Å². The Bertz CT molecular complexity index is 485. The zero-order valence-corrected chi connectivity index (χ0v) is 12.6. The van der Waals surface area contributed by atoms with E-state index in [2.05, 4.69) is 5.32 Å². The van der Waals surface area contributed by atoms with Crippen molar-refractivity contribution in [2.24, 2.45) is 5.92 Å². The summed E-state index contributed by atoms with van der Waals surface area (Å²) >= 11 is 1.36. The van der Waals surface area contributed by atoms with Gasteiger partial charge in [0.2, 0.25) is 5.91 Å². The summed E-state index contributed by atoms with van der Waals surface area (Å²) in [5.41, 5.74) is -0.566. The number of aliphatic hydroxyl groups excluding tert-OH is 1. The van der Waals surface area contributed by atoms with Gasteiger partial charge < -0.3 is 15.3 Å². The molecule has 6 heteroatoms. The molecule has 0 saturated heterocycles. The Kier molecular flexibility index (Phi) is 4.45. The molecule has 1 saturated carbocycles. The van der Waals surface area contributed by atoms with Gasteiger partial charge in [0, 0.05) is 7.05 Å². The molecule has 110 valence electrons. The monoisotopic (exact) mass is 296 g/mol. The quantitative estimate of drug-likeness (QED) is 0.826. The third kappa shape index (κ3) is 3.37. The Morgan fingerprint density at radius 1 is 1.55 bits per heavy atom. The van der Waals surface area contributed by atoms with Gasteiger partial charge in [0.15, 0.2) is 0 Å². The normalized spacial score (nSPS) is 17.4. The van der Waals surface area contributed by atoms with Crippen LogP contribution >= 0.6 is 11.3 Å². The van der Waals surface area contributed by atoms with Crippen LogP contribution in [0.25, 0.3) is 0 Å². The van der Waals surface area contributed by atoms with Crippen LogP contribution in [0.2, 0.25) is 0 Å². The second-order valence-electron chi connectivity index (χ2n) is 5.54. The third-order valence-corrected chi connectivity index (χ3v) is 4.55. The molecule has 1 aromatic rings. The summed E-state index contributed by atoms with van der Waals surface area (Å²) in [5, 5.41) is 14.1. The summed E-state index contributed by atoms with van der Waals surface area (Å²) in [6.45, 7) is 1.77. The van der Waals surface area contributed by atoms with Crippen molar-refractivity contribution in [1.82, 2.24) is 10.2 Å². The third-order valence-electron chi connectivity index (χ3n) is 3.69. The van der Waals surface area contributed by atoms with E-state index in [1.807, 2.05) is 18.4 Å². The lowest BCUT2D eigenvalue weighted by atomic mass is 9.97. The van der Waals surface area contributed by atoms with Crippen LogP contribution in [0.3, 0.4) is 0 Å². The summed E-state index contributed by atoms with van der Waals surface area (Å²) in [5.74, 6) is -0.0529. The van der Waals surface area contributed by atoms with E-state index in [0.29, 0.717) is 10.8 Å². The molecule has 5 nitrogen and oxygen atoms in total. The number of carbonyl (C=O) groups is 2. The number of hydrogen-bond acceptors (Lipinski definition) is 4. The minimum absolute atomic E-state index is 0.000949. The van der Waals surface area contributed by atoms with Crippen molar-refractivity contribution < 1.29 is 14.7 Å². The second kappa shape index (κ2) is 5.93. The number of nitrogens with zero attached hydrogens (tertiary/aromatic N) is 1. The molecule has 1 unspecified atom stereocenters. The number of carbonyl (C=O) groups excluding carboxylic acids is 2. The van der Waals surface area contributed by atoms with Crippen LogP contribution in [-0.2, 0) is 4.79 Å². The van der Waals surface area contributed by atoms with E-state index in [1.165, 1.54) is 16.2 Å². The van der Waals surface area contributed by atoms with Gasteiger partial charge in [-0.3, -0.25) is 9.59 Å². The van der Waals surface area contributed by atoms with Gasteiger partial charge in [0.1, 0.15) is 0 Å². The van der Waals surface area contributed by atoms with E-state index in [4.69, 9.17) is 0 Å². The lowest BCUT2D eigenvalue weighted by molar-refractivity contribution is -0.124. The molecule has 1 aliphatic carbocycles. The number of aliphatic hydroxyl groups is 1. The molecule has 0 spiro atoms. The van der Waals surface area contributed by atoms with Crippen LogP contribution in [0.15, 0.2) is 17.5 Å². The highest BCUT2D eigenvalue weighted by Gasteiger charge is 2.42. The first-order chi connectivity index (χ1) is 9.46. The average molecular weight is 296 g/mol. The maximum atomic E-state index is 12.0. The van der Waals surface area contributed by atoms with E-state index in [0.717, 1.165) is 12.8 Å². The zero-order chi connectivity index (χ0) is 14.8. The first-order valence-electron chi connectivity index (χ1n) is 6.67. The van der Waals surface area contributed by atoms with Gasteiger partial charge in [-0.2, -0.15) is 0 Å². The van der Waals surface area contributed by atoms with Gasteiger partial charge >= 0.3 is 0 Å². The maximum Gasteiger partial charge on any atom is 0.264 e. The number of thiophene rings is 1. The maximum absolute atomic E-state index is 12.0. The molecule has 20 heavy (non-hydrogen) atoms. The SMILES string of the molecule is CN(CC(=O)NC(C)(CO)C1CC1)C(=O)c1cccs1. The molecule has 1 aromatic heterocycles. The molecule has 0 aromatic carbocycles. The molecule has 1 fully saturated rings. The largest absolute Gasteiger partial charge is 0.394 e. The summed E-state index contributed by atoms with van der Waals surface area (Å²) in [6.07, 6.45) is 2.06. The first kappa shape index (κ1) is 15.0. The van der Waals surface area contributed by atoms with Gasteiger partial charge in [0.05, 0.1) is 23.6 Å². The second-order valence-corrected chi connectivity index (χ2v) is 6.48. The lowest BCUT2D eigenvalue weighted by Crippen LogP contribution is -2.53. The van der Waals surface area contributed by atoms with Crippen LogP contribution in [-0.4, -0.2) is 47.6 Å². The van der Waals surface area contributed by atoms with E-state index in [9.17, 15) is 14.7 Å². The van der Waals surface area contributed by atoms with Crippen molar-refractivity contribution in [3.63, 3.8) is 0 Å². The van der Waals surface area contributed by atoms with Crippen molar-refractivity contribution in [1.29, 1.82) is 0 Å². The minimum Gasteiger partial charge on any atom is -0.394 e. The van der Waals surface area contributed by atoms with Crippen LogP contribution in [0.5, 0.6) is 0 Å². The molecule has 0 bridgehead atoms. The molecule has 2 rings (SSSR count). The fourth-order valence-electron chi connectivity index (χ4n) is 2.22. The molecule has 2 N–H and O–H groups in total. The Hall–Kier alpha value is -1.40. The van der Waals surface area contributed by atoms with Crippen LogP contribution in [0.4, 0.5) is 0 Å². The molecule has 2 amide bonds. The highest BCUT2D eigenvalue weighted by Crippen LogP contribution is 2.39. The molecular formula is C14H20N2O3S. The lowest BCUT2D eigenvalue weighted by Gasteiger charge is -2.29. The zero-order valence-electron chi connectivity index (χ0n) is 11.8.